The van der Waals surface area contributed by atoms with Crippen LogP contribution in [0, 0.1) is 24.2 Å². The van der Waals surface area contributed by atoms with Gasteiger partial charge in [-0.2, -0.15) is 0 Å². The van der Waals surface area contributed by atoms with Crippen molar-refractivity contribution in [1.82, 2.24) is 0 Å². The number of hydrogen-bond donors (Lipinski definition) is 0. The van der Waals surface area contributed by atoms with E-state index in [1.807, 2.05) is 41.8 Å². The minimum atomic E-state index is 0.775. The number of benzene rings is 1. The monoisotopic (exact) mass is 207 g/mol. The zero-order valence-corrected chi connectivity index (χ0v) is 8.77. The van der Waals surface area contributed by atoms with Crippen LogP contribution in [0.5, 0.6) is 0 Å². The molecular weight excluding hydrogens is 200 g/mol. The maximum absolute atomic E-state index is 6.95. The van der Waals surface area contributed by atoms with Gasteiger partial charge in [-0.1, -0.05) is 30.0 Å². The lowest BCUT2D eigenvalue weighted by Crippen LogP contribution is -1.76. The second-order valence-electron chi connectivity index (χ2n) is 2.93. The highest BCUT2D eigenvalue weighted by Gasteiger charge is 1.85. The highest BCUT2D eigenvalue weighted by atomic mass is 32.1. The zero-order chi connectivity index (χ0) is 10.5. The molecule has 1 aromatic carbocycles. The first-order valence-electron chi connectivity index (χ1n) is 4.47. The predicted octanol–water partition coefficient (Wildman–Crippen LogP) is 3.09. The molecule has 0 saturated carbocycles. The minimum Gasteiger partial charge on any atom is -0.366 e. The highest BCUT2D eigenvalue weighted by Crippen LogP contribution is 2.07. The standard InChI is InChI=1S/C14H7S/c1-2-12-5-7-13(8-6-12)9-10-14-4-3-11-15-14/h3-8,11H/q-1. The molecule has 70 valence electrons. The molecule has 0 aliphatic rings. The molecule has 0 aliphatic carbocycles. The van der Waals surface area contributed by atoms with Crippen molar-refractivity contribution < 1.29 is 0 Å². The Bertz CT molecular complexity index is 528. The zero-order valence-electron chi connectivity index (χ0n) is 7.95. The Morgan fingerprint density at radius 1 is 0.933 bits per heavy atom. The maximum atomic E-state index is 6.95. The van der Waals surface area contributed by atoms with E-state index < -0.39 is 0 Å². The summed E-state index contributed by atoms with van der Waals surface area (Å²) in [6, 6.07) is 11.5. The Morgan fingerprint density at radius 3 is 2.27 bits per heavy atom. The van der Waals surface area contributed by atoms with Gasteiger partial charge in [-0.15, -0.1) is 29.0 Å². The normalized spacial score (nSPS) is 8.73. The van der Waals surface area contributed by atoms with Crippen molar-refractivity contribution in [3.05, 3.63) is 64.2 Å². The Balaban J connectivity index is 2.22. The topological polar surface area (TPSA) is 0 Å². The fourth-order valence-corrected chi connectivity index (χ4v) is 1.69. The van der Waals surface area contributed by atoms with Gasteiger partial charge in [-0.3, -0.25) is 5.92 Å². The van der Waals surface area contributed by atoms with E-state index >= 15 is 0 Å². The van der Waals surface area contributed by atoms with Crippen LogP contribution >= 0.6 is 11.3 Å². The van der Waals surface area contributed by atoms with Gasteiger partial charge in [-0.25, -0.2) is 0 Å². The molecule has 2 rings (SSSR count). The van der Waals surface area contributed by atoms with E-state index in [1.165, 1.54) is 0 Å². The van der Waals surface area contributed by atoms with Crippen LogP contribution in [0.15, 0.2) is 41.8 Å². The lowest BCUT2D eigenvalue weighted by atomic mass is 10.1. The lowest BCUT2D eigenvalue weighted by Gasteiger charge is -1.97. The summed E-state index contributed by atoms with van der Waals surface area (Å²) in [5.41, 5.74) is 1.74. The second kappa shape index (κ2) is 4.51. The first-order chi connectivity index (χ1) is 7.38. The van der Waals surface area contributed by atoms with E-state index in [-0.39, 0.29) is 0 Å². The van der Waals surface area contributed by atoms with Gasteiger partial charge in [0.2, 0.25) is 0 Å². The third-order valence-corrected chi connectivity index (χ3v) is 2.67. The van der Waals surface area contributed by atoms with Crippen LogP contribution < -0.4 is 0 Å². The summed E-state index contributed by atoms with van der Waals surface area (Å²) in [6.07, 6.45) is 6.95. The number of thiophene rings is 1. The van der Waals surface area contributed by atoms with Gasteiger partial charge in [0.25, 0.3) is 0 Å². The minimum absolute atomic E-state index is 0.775. The van der Waals surface area contributed by atoms with E-state index in [0.29, 0.717) is 0 Å². The summed E-state index contributed by atoms with van der Waals surface area (Å²) in [5.74, 6) is 8.48. The summed E-state index contributed by atoms with van der Waals surface area (Å²) in [4.78, 5) is 1.07. The maximum Gasteiger partial charge on any atom is 0.0772 e. The van der Waals surface area contributed by atoms with Gasteiger partial charge < -0.3 is 6.42 Å². The van der Waals surface area contributed by atoms with Gasteiger partial charge in [0.15, 0.2) is 0 Å². The predicted molar refractivity (Wildman–Crippen MR) is 63.0 cm³/mol. The summed E-state index contributed by atoms with van der Waals surface area (Å²) >= 11 is 1.63. The average molecular weight is 207 g/mol. The number of hydrogen-bond acceptors (Lipinski definition) is 1. The van der Waals surface area contributed by atoms with Crippen LogP contribution in [0.4, 0.5) is 0 Å². The Hall–Kier alpha value is -1.96. The van der Waals surface area contributed by atoms with Crippen LogP contribution in [-0.2, 0) is 0 Å². The second-order valence-corrected chi connectivity index (χ2v) is 3.88. The first kappa shape index (κ1) is 9.59. The molecule has 15 heavy (non-hydrogen) atoms. The molecular formula is C14H7S-. The van der Waals surface area contributed by atoms with E-state index in [9.17, 15) is 0 Å². The lowest BCUT2D eigenvalue weighted by molar-refractivity contribution is 1.60. The summed E-state index contributed by atoms with van der Waals surface area (Å²) in [5, 5.41) is 2.01. The molecule has 0 unspecified atom stereocenters. The molecule has 1 heterocycles. The van der Waals surface area contributed by atoms with Crippen molar-refractivity contribution in [3.63, 3.8) is 0 Å². The molecule has 0 N–H and O–H groups in total. The molecule has 0 atom stereocenters. The molecule has 0 amide bonds. The Morgan fingerprint density at radius 2 is 1.67 bits per heavy atom. The largest absolute Gasteiger partial charge is 0.366 e. The van der Waals surface area contributed by atoms with Crippen molar-refractivity contribution in [1.29, 1.82) is 0 Å². The fraction of sp³-hybridized carbons (Fsp3) is 0. The first-order valence-corrected chi connectivity index (χ1v) is 5.35. The smallest absolute Gasteiger partial charge is 0.0772 e. The van der Waals surface area contributed by atoms with Crippen molar-refractivity contribution in [2.75, 3.05) is 0 Å². The van der Waals surface area contributed by atoms with Crippen LogP contribution in [-0.4, -0.2) is 0 Å². The summed E-state index contributed by atoms with van der Waals surface area (Å²) < 4.78 is 0. The highest BCUT2D eigenvalue weighted by molar-refractivity contribution is 7.10. The third kappa shape index (κ3) is 2.50. The molecule has 2 aromatic rings. The number of rotatable bonds is 0. The van der Waals surface area contributed by atoms with Gasteiger partial charge >= 0.3 is 0 Å². The molecule has 0 aliphatic heterocycles. The van der Waals surface area contributed by atoms with Gasteiger partial charge in [-0.05, 0) is 11.4 Å². The molecule has 1 aromatic heterocycles. The molecule has 0 bridgehead atoms. The van der Waals surface area contributed by atoms with Crippen LogP contribution in [0.2, 0.25) is 0 Å². The fourth-order valence-electron chi connectivity index (χ4n) is 1.12. The van der Waals surface area contributed by atoms with Crippen molar-refractivity contribution in [3.8, 4) is 17.8 Å². The van der Waals surface area contributed by atoms with Gasteiger partial charge in [0.05, 0.1) is 4.88 Å². The van der Waals surface area contributed by atoms with E-state index in [0.717, 1.165) is 16.0 Å². The third-order valence-electron chi connectivity index (χ3n) is 1.88. The van der Waals surface area contributed by atoms with Crippen molar-refractivity contribution in [2.24, 2.45) is 0 Å². The quantitative estimate of drug-likeness (QED) is 0.460. The van der Waals surface area contributed by atoms with Crippen LogP contribution in [0.25, 0.3) is 0 Å². The van der Waals surface area contributed by atoms with E-state index in [2.05, 4.69) is 17.8 Å². The van der Waals surface area contributed by atoms with Gasteiger partial charge in [0.1, 0.15) is 0 Å². The molecule has 0 radical (unpaired) electrons. The Kier molecular flexibility index (Phi) is 2.88. The molecule has 0 fully saturated rings. The summed E-state index contributed by atoms with van der Waals surface area (Å²) in [7, 11) is 0. The van der Waals surface area contributed by atoms with E-state index in [1.54, 1.807) is 11.3 Å². The summed E-state index contributed by atoms with van der Waals surface area (Å²) in [6.45, 7) is 0. The van der Waals surface area contributed by atoms with Crippen LogP contribution in [0.1, 0.15) is 16.0 Å². The van der Waals surface area contributed by atoms with Crippen molar-refractivity contribution in [2.45, 2.75) is 0 Å². The molecule has 1 heteroatoms. The van der Waals surface area contributed by atoms with Crippen molar-refractivity contribution >= 4 is 11.3 Å². The average Bonchev–Trinajstić information content (AvgIpc) is 2.80. The van der Waals surface area contributed by atoms with Crippen LogP contribution in [0.3, 0.4) is 0 Å². The molecule has 0 nitrogen and oxygen atoms in total. The van der Waals surface area contributed by atoms with Gasteiger partial charge in [0, 0.05) is 5.56 Å². The Labute approximate surface area is 93.6 Å². The molecule has 0 saturated heterocycles. The SMILES string of the molecule is [C-]#Cc1ccc(C#Cc2cccs2)cc1. The van der Waals surface area contributed by atoms with E-state index in [4.69, 9.17) is 6.42 Å². The molecule has 0 spiro atoms.